The van der Waals surface area contributed by atoms with Crippen LogP contribution < -0.4 is 5.73 Å². The van der Waals surface area contributed by atoms with Crippen molar-refractivity contribution >= 4 is 0 Å². The zero-order valence-corrected chi connectivity index (χ0v) is 6.60. The first-order valence-electron chi connectivity index (χ1n) is 3.53. The minimum Gasteiger partial charge on any atom is -0.569 e. The number of hydrazine groups is 1. The van der Waals surface area contributed by atoms with E-state index in [1.54, 1.807) is 6.92 Å². The first-order chi connectivity index (χ1) is 5.26. The van der Waals surface area contributed by atoms with Crippen LogP contribution in [0.1, 0.15) is 13.3 Å². The Morgan fingerprint density at radius 1 is 1.73 bits per heavy atom. The van der Waals surface area contributed by atoms with Crippen LogP contribution in [0.2, 0.25) is 0 Å². The molecule has 0 unspecified atom stereocenters. The van der Waals surface area contributed by atoms with Gasteiger partial charge in [-0.05, 0) is 19.9 Å². The zero-order chi connectivity index (χ0) is 8.69. The normalized spacial score (nSPS) is 11.6. The highest BCUT2D eigenvalue weighted by molar-refractivity contribution is 4.42. The van der Waals surface area contributed by atoms with Crippen LogP contribution >= 0.6 is 0 Å². The third-order valence-electron chi connectivity index (χ3n) is 1.30. The van der Waals surface area contributed by atoms with Gasteiger partial charge in [0.05, 0.1) is 18.1 Å². The fraction of sp³-hybridized carbons (Fsp3) is 1.00. The molecule has 0 rings (SSSR count). The van der Waals surface area contributed by atoms with Gasteiger partial charge < -0.3 is 16.1 Å². The molecule has 0 aromatic heterocycles. The number of hydrogen-bond acceptors (Lipinski definition) is 3. The van der Waals surface area contributed by atoms with Crippen LogP contribution in [0.5, 0.6) is 0 Å². The van der Waals surface area contributed by atoms with E-state index in [0.29, 0.717) is 26.1 Å². The summed E-state index contributed by atoms with van der Waals surface area (Å²) < 4.78 is 0. The van der Waals surface area contributed by atoms with Crippen LogP contribution in [0.25, 0.3) is 0 Å². The fourth-order valence-corrected chi connectivity index (χ4v) is 0.695. The largest absolute Gasteiger partial charge is 0.569 e. The Hall–Kier alpha value is -1.04. The van der Waals surface area contributed by atoms with Crippen molar-refractivity contribution in [3.63, 3.8) is 0 Å². The van der Waals surface area contributed by atoms with Gasteiger partial charge in [-0.15, -0.1) is 5.01 Å². The summed E-state index contributed by atoms with van der Waals surface area (Å²) in [6.45, 7) is 3.34. The maximum atomic E-state index is 10.6. The van der Waals surface area contributed by atoms with Crippen LogP contribution in [-0.2, 0) is 0 Å². The van der Waals surface area contributed by atoms with Crippen LogP contribution in [0.15, 0.2) is 5.28 Å². The molecule has 0 heterocycles. The topological polar surface area (TPSA) is 87.9 Å². The number of hydrogen-bond donors (Lipinski definition) is 2. The van der Waals surface area contributed by atoms with E-state index in [1.165, 1.54) is 5.01 Å². The second kappa shape index (κ2) is 5.72. The summed E-state index contributed by atoms with van der Waals surface area (Å²) in [5, 5.41) is 22.6. The monoisotopic (exact) mass is 162 g/mol. The number of nitrogens with two attached hydrogens (primary N) is 1. The summed E-state index contributed by atoms with van der Waals surface area (Å²) >= 11 is 0. The highest BCUT2D eigenvalue weighted by Crippen LogP contribution is 1.90. The highest BCUT2D eigenvalue weighted by Gasteiger charge is 2.07. The van der Waals surface area contributed by atoms with Gasteiger partial charge in [0.2, 0.25) is 5.28 Å². The summed E-state index contributed by atoms with van der Waals surface area (Å²) in [6.07, 6.45) is 0.710. The molecule has 0 fully saturated rings. The minimum absolute atomic E-state index is 0.162. The van der Waals surface area contributed by atoms with Gasteiger partial charge in [0.1, 0.15) is 0 Å². The molecule has 0 radical (unpaired) electrons. The molecule has 0 aromatic carbocycles. The maximum absolute atomic E-state index is 10.6. The van der Waals surface area contributed by atoms with Crippen molar-refractivity contribution in [2.75, 3.05) is 19.6 Å². The van der Waals surface area contributed by atoms with Gasteiger partial charge in [0.25, 0.3) is 0 Å². The Morgan fingerprint density at radius 2 is 2.36 bits per heavy atom. The van der Waals surface area contributed by atoms with Gasteiger partial charge in [0, 0.05) is 0 Å². The lowest BCUT2D eigenvalue weighted by Crippen LogP contribution is -2.32. The van der Waals surface area contributed by atoms with Gasteiger partial charge in [-0.2, -0.15) is 0 Å². The first kappa shape index (κ1) is 9.96. The standard InChI is InChI=1S/C5H14N4O2/c1-2-8(5-3-4-6)9(11)7-10/h10H,2-6H2,1H3. The first-order valence-corrected chi connectivity index (χ1v) is 3.53. The Bertz CT molecular complexity index is 128. The second-order valence-corrected chi connectivity index (χ2v) is 2.03. The van der Waals surface area contributed by atoms with E-state index in [1.807, 2.05) is 0 Å². The van der Waals surface area contributed by atoms with E-state index >= 15 is 0 Å². The Kier molecular flexibility index (Phi) is 5.18. The van der Waals surface area contributed by atoms with Crippen molar-refractivity contribution in [2.45, 2.75) is 13.3 Å². The van der Waals surface area contributed by atoms with Crippen LogP contribution in [0.4, 0.5) is 0 Å². The number of rotatable bonds is 5. The van der Waals surface area contributed by atoms with Gasteiger partial charge in [-0.3, -0.25) is 0 Å². The summed E-state index contributed by atoms with van der Waals surface area (Å²) in [4.78, 5) is 0.162. The minimum atomic E-state index is 0.162. The lowest BCUT2D eigenvalue weighted by atomic mass is 10.4. The van der Waals surface area contributed by atoms with Crippen molar-refractivity contribution in [3.05, 3.63) is 5.21 Å². The van der Waals surface area contributed by atoms with Gasteiger partial charge >= 0.3 is 0 Å². The average molecular weight is 162 g/mol. The summed E-state index contributed by atoms with van der Waals surface area (Å²) in [6, 6.07) is 0. The molecule has 0 aliphatic rings. The Labute approximate surface area is 65.4 Å². The summed E-state index contributed by atoms with van der Waals surface area (Å²) in [7, 11) is 0. The van der Waals surface area contributed by atoms with Gasteiger partial charge in [0.15, 0.2) is 0 Å². The molecule has 0 atom stereocenters. The smallest absolute Gasteiger partial charge is 0.230 e. The van der Waals surface area contributed by atoms with E-state index in [0.717, 1.165) is 0 Å². The predicted octanol–water partition coefficient (Wildman–Crippen LogP) is -0.0762. The van der Waals surface area contributed by atoms with Crippen LogP contribution in [0.3, 0.4) is 0 Å². The van der Waals surface area contributed by atoms with Crippen molar-refractivity contribution in [1.29, 1.82) is 0 Å². The van der Waals surface area contributed by atoms with E-state index in [-0.39, 0.29) is 4.97 Å². The van der Waals surface area contributed by atoms with Crippen molar-refractivity contribution < 1.29 is 10.2 Å². The molecule has 0 saturated heterocycles. The summed E-state index contributed by atoms with van der Waals surface area (Å²) in [5.41, 5.74) is 5.23. The third-order valence-corrected chi connectivity index (χ3v) is 1.30. The lowest BCUT2D eigenvalue weighted by Gasteiger charge is -2.14. The SMILES string of the molecule is CCN(CCCN)[N+]([O-])=NO. The molecule has 11 heavy (non-hydrogen) atoms. The van der Waals surface area contributed by atoms with E-state index in [2.05, 4.69) is 5.28 Å². The lowest BCUT2D eigenvalue weighted by molar-refractivity contribution is -0.709. The number of nitrogens with zero attached hydrogens (tertiary/aromatic N) is 3. The molecule has 0 bridgehead atoms. The molecule has 6 heteroatoms. The predicted molar refractivity (Wildman–Crippen MR) is 38.8 cm³/mol. The molecule has 0 amide bonds. The Morgan fingerprint density at radius 3 is 2.73 bits per heavy atom. The molecule has 66 valence electrons. The molecule has 3 N–H and O–H groups in total. The molecular weight excluding hydrogens is 148 g/mol. The fourth-order valence-electron chi connectivity index (χ4n) is 0.695. The van der Waals surface area contributed by atoms with Gasteiger partial charge in [-0.1, -0.05) is 0 Å². The maximum Gasteiger partial charge on any atom is 0.230 e. The molecule has 0 aromatic rings. The van der Waals surface area contributed by atoms with Gasteiger partial charge in [-0.25, -0.2) is 0 Å². The van der Waals surface area contributed by atoms with Crippen LogP contribution in [0, 0.1) is 5.21 Å². The van der Waals surface area contributed by atoms with E-state index < -0.39 is 0 Å². The summed E-state index contributed by atoms with van der Waals surface area (Å²) in [5.74, 6) is 0. The Balaban J connectivity index is 3.75. The molecule has 0 saturated carbocycles. The highest BCUT2D eigenvalue weighted by atomic mass is 16.6. The quantitative estimate of drug-likeness (QED) is 0.336. The van der Waals surface area contributed by atoms with Crippen molar-refractivity contribution in [1.82, 2.24) is 5.01 Å². The second-order valence-electron chi connectivity index (χ2n) is 2.03. The third kappa shape index (κ3) is 3.61. The molecule has 0 aliphatic carbocycles. The zero-order valence-electron chi connectivity index (χ0n) is 6.60. The molecule has 0 spiro atoms. The van der Waals surface area contributed by atoms with E-state index in [9.17, 15) is 5.21 Å². The van der Waals surface area contributed by atoms with Crippen molar-refractivity contribution in [2.24, 2.45) is 11.0 Å². The average Bonchev–Trinajstić information content (AvgIpc) is 2.05. The van der Waals surface area contributed by atoms with E-state index in [4.69, 9.17) is 10.9 Å². The molecule has 6 nitrogen and oxygen atoms in total. The van der Waals surface area contributed by atoms with Crippen molar-refractivity contribution in [3.8, 4) is 0 Å². The van der Waals surface area contributed by atoms with Crippen LogP contribution in [-0.4, -0.2) is 34.8 Å². The molecular formula is C5H14N4O2. The molecule has 0 aliphatic heterocycles.